The lowest BCUT2D eigenvalue weighted by Gasteiger charge is -2.09. The first kappa shape index (κ1) is 25.6. The Morgan fingerprint density at radius 2 is 1.17 bits per heavy atom. The maximum absolute atomic E-state index is 6.33. The summed E-state index contributed by atoms with van der Waals surface area (Å²) in [6.07, 6.45) is 1.98. The Kier molecular flexibility index (Phi) is 5.08. The first-order valence-corrected chi connectivity index (χ1v) is 16.2. The maximum atomic E-state index is 6.33. The summed E-state index contributed by atoms with van der Waals surface area (Å²) in [5, 5.41) is 7.11. The Morgan fingerprint density at radius 1 is 0.479 bits per heavy atom. The van der Waals surface area contributed by atoms with Gasteiger partial charge in [0.1, 0.15) is 11.2 Å². The molecule has 1 aliphatic rings. The van der Waals surface area contributed by atoms with Gasteiger partial charge in [0.15, 0.2) is 5.82 Å². The lowest BCUT2D eigenvalue weighted by atomic mass is 10.0. The third kappa shape index (κ3) is 3.54. The van der Waals surface area contributed by atoms with Gasteiger partial charge in [0.25, 0.3) is 0 Å². The van der Waals surface area contributed by atoms with Crippen LogP contribution in [0.3, 0.4) is 0 Å². The average Bonchev–Trinajstić information content (AvgIpc) is 3.79. The second kappa shape index (κ2) is 9.50. The Hall–Kier alpha value is -6.52. The summed E-state index contributed by atoms with van der Waals surface area (Å²) in [5.74, 6) is 0.713. The molecule has 0 radical (unpaired) electrons. The highest BCUT2D eigenvalue weighted by Gasteiger charge is 2.24. The van der Waals surface area contributed by atoms with Crippen LogP contribution in [0.4, 0.5) is 0 Å². The Morgan fingerprint density at radius 3 is 2.02 bits per heavy atom. The molecule has 7 aromatic carbocycles. The van der Waals surface area contributed by atoms with Gasteiger partial charge in [0, 0.05) is 50.1 Å². The molecular formula is C44H25N3O. The molecule has 0 fully saturated rings. The van der Waals surface area contributed by atoms with E-state index in [0.29, 0.717) is 5.82 Å². The SMILES string of the molecule is c1ccc(-n2c3ccccc3c3ccc(-c4ccc5oc6ccc(-c7ncc8c(n7)-c7cccc9cccc-8c79)cc6c5c4)cc32)cc1. The highest BCUT2D eigenvalue weighted by molar-refractivity contribution is 6.15. The first-order valence-electron chi connectivity index (χ1n) is 16.2. The minimum Gasteiger partial charge on any atom is -0.456 e. The van der Waals surface area contributed by atoms with Crippen molar-refractivity contribution in [2.45, 2.75) is 0 Å². The minimum atomic E-state index is 0.713. The summed E-state index contributed by atoms with van der Waals surface area (Å²) >= 11 is 0. The molecule has 0 unspecified atom stereocenters. The molecule has 11 rings (SSSR count). The second-order valence-electron chi connectivity index (χ2n) is 12.6. The van der Waals surface area contributed by atoms with Gasteiger partial charge in [0.2, 0.25) is 0 Å². The third-order valence-electron chi connectivity index (χ3n) is 9.99. The van der Waals surface area contributed by atoms with Crippen molar-refractivity contribution in [3.8, 4) is 50.6 Å². The van der Waals surface area contributed by atoms with Gasteiger partial charge in [0.05, 0.1) is 16.7 Å². The summed E-state index contributed by atoms with van der Waals surface area (Å²) in [6, 6.07) is 51.7. The van der Waals surface area contributed by atoms with Crippen LogP contribution in [0.15, 0.2) is 156 Å². The number of hydrogen-bond donors (Lipinski definition) is 0. The second-order valence-corrected chi connectivity index (χ2v) is 12.6. The van der Waals surface area contributed by atoms with Crippen molar-refractivity contribution in [3.05, 3.63) is 152 Å². The molecule has 0 atom stereocenters. The predicted molar refractivity (Wildman–Crippen MR) is 196 cm³/mol. The molecule has 1 aliphatic carbocycles. The fourth-order valence-corrected chi connectivity index (χ4v) is 7.79. The van der Waals surface area contributed by atoms with Gasteiger partial charge < -0.3 is 8.98 Å². The van der Waals surface area contributed by atoms with Gasteiger partial charge in [-0.3, -0.25) is 0 Å². The minimum absolute atomic E-state index is 0.713. The van der Waals surface area contributed by atoms with Crippen LogP contribution in [0.2, 0.25) is 0 Å². The van der Waals surface area contributed by atoms with Crippen molar-refractivity contribution >= 4 is 54.5 Å². The van der Waals surface area contributed by atoms with Gasteiger partial charge >= 0.3 is 0 Å². The number of aromatic nitrogens is 3. The van der Waals surface area contributed by atoms with E-state index in [-0.39, 0.29) is 0 Å². The predicted octanol–water partition coefficient (Wildman–Crippen LogP) is 11.6. The summed E-state index contributed by atoms with van der Waals surface area (Å²) in [6.45, 7) is 0. The first-order chi connectivity index (χ1) is 23.8. The van der Waals surface area contributed by atoms with E-state index in [0.717, 1.165) is 55.6 Å². The van der Waals surface area contributed by atoms with E-state index in [1.165, 1.54) is 43.7 Å². The van der Waals surface area contributed by atoms with Crippen LogP contribution in [-0.4, -0.2) is 14.5 Å². The van der Waals surface area contributed by atoms with Gasteiger partial charge in [-0.05, 0) is 82.1 Å². The molecule has 4 heteroatoms. The molecule has 0 saturated carbocycles. The normalized spacial score (nSPS) is 12.2. The fraction of sp³-hybridized carbons (Fsp3) is 0. The van der Waals surface area contributed by atoms with Crippen molar-refractivity contribution in [3.63, 3.8) is 0 Å². The molecule has 222 valence electrons. The molecule has 3 aromatic heterocycles. The van der Waals surface area contributed by atoms with Gasteiger partial charge in [-0.25, -0.2) is 9.97 Å². The van der Waals surface area contributed by atoms with Crippen LogP contribution in [0.25, 0.3) is 105 Å². The van der Waals surface area contributed by atoms with Crippen molar-refractivity contribution in [1.82, 2.24) is 14.5 Å². The molecule has 0 spiro atoms. The van der Waals surface area contributed by atoms with Crippen molar-refractivity contribution in [2.24, 2.45) is 0 Å². The molecule has 10 aromatic rings. The number of para-hydroxylation sites is 2. The highest BCUT2D eigenvalue weighted by atomic mass is 16.3. The van der Waals surface area contributed by atoms with Crippen molar-refractivity contribution < 1.29 is 4.42 Å². The van der Waals surface area contributed by atoms with Crippen LogP contribution < -0.4 is 0 Å². The van der Waals surface area contributed by atoms with E-state index in [1.807, 2.05) is 12.3 Å². The smallest absolute Gasteiger partial charge is 0.159 e. The highest BCUT2D eigenvalue weighted by Crippen LogP contribution is 2.46. The van der Waals surface area contributed by atoms with Crippen molar-refractivity contribution in [2.75, 3.05) is 0 Å². The van der Waals surface area contributed by atoms with E-state index in [9.17, 15) is 0 Å². The molecule has 0 saturated heterocycles. The van der Waals surface area contributed by atoms with E-state index in [2.05, 4.69) is 144 Å². The van der Waals surface area contributed by atoms with Crippen molar-refractivity contribution in [1.29, 1.82) is 0 Å². The van der Waals surface area contributed by atoms with Crippen LogP contribution in [0, 0.1) is 0 Å². The van der Waals surface area contributed by atoms with E-state index >= 15 is 0 Å². The molecular weight excluding hydrogens is 587 g/mol. The zero-order valence-electron chi connectivity index (χ0n) is 25.7. The summed E-state index contributed by atoms with van der Waals surface area (Å²) in [5.41, 5.74) is 13.0. The van der Waals surface area contributed by atoms with Gasteiger partial charge in [-0.1, -0.05) is 91.0 Å². The molecule has 0 amide bonds. The topological polar surface area (TPSA) is 43.9 Å². The van der Waals surface area contributed by atoms with E-state index < -0.39 is 0 Å². The van der Waals surface area contributed by atoms with Crippen LogP contribution in [0.5, 0.6) is 0 Å². The summed E-state index contributed by atoms with van der Waals surface area (Å²) < 4.78 is 8.69. The number of hydrogen-bond acceptors (Lipinski definition) is 3. The average molecular weight is 612 g/mol. The zero-order valence-corrected chi connectivity index (χ0v) is 25.7. The number of fused-ring (bicyclic) bond motifs is 9. The van der Waals surface area contributed by atoms with Crippen LogP contribution >= 0.6 is 0 Å². The molecule has 4 nitrogen and oxygen atoms in total. The van der Waals surface area contributed by atoms with Gasteiger partial charge in [-0.15, -0.1) is 0 Å². The van der Waals surface area contributed by atoms with Crippen LogP contribution in [0.1, 0.15) is 0 Å². The molecule has 0 aliphatic heterocycles. The zero-order chi connectivity index (χ0) is 31.3. The number of benzene rings is 7. The lowest BCUT2D eigenvalue weighted by Crippen LogP contribution is -1.93. The summed E-state index contributed by atoms with van der Waals surface area (Å²) in [7, 11) is 0. The van der Waals surface area contributed by atoms with Gasteiger partial charge in [-0.2, -0.15) is 0 Å². The Balaban J connectivity index is 1.05. The fourth-order valence-electron chi connectivity index (χ4n) is 7.79. The largest absolute Gasteiger partial charge is 0.456 e. The molecule has 3 heterocycles. The van der Waals surface area contributed by atoms with Crippen LogP contribution in [-0.2, 0) is 0 Å². The lowest BCUT2D eigenvalue weighted by molar-refractivity contribution is 0.669. The quantitative estimate of drug-likeness (QED) is 0.200. The van der Waals surface area contributed by atoms with E-state index in [1.54, 1.807) is 0 Å². The Bertz CT molecular complexity index is 2950. The molecule has 0 N–H and O–H groups in total. The maximum Gasteiger partial charge on any atom is 0.159 e. The number of nitrogens with zero attached hydrogens (tertiary/aromatic N) is 3. The summed E-state index contributed by atoms with van der Waals surface area (Å²) in [4.78, 5) is 10.00. The number of rotatable bonds is 3. The van der Waals surface area contributed by atoms with E-state index in [4.69, 9.17) is 14.4 Å². The Labute approximate surface area is 275 Å². The number of furan rings is 1. The molecule has 48 heavy (non-hydrogen) atoms. The monoisotopic (exact) mass is 611 g/mol. The molecule has 0 bridgehead atoms. The third-order valence-corrected chi connectivity index (χ3v) is 9.99. The standard InChI is InChI=1S/C44H25N3O/c1-2-10-30(11-3-1)47-38-15-5-4-12-31(38)32-19-16-28(24-39(32)47)27-17-20-40-35(22-27)36-23-29(18-21-41(36)48-40)44-45-25-37-33-13-6-8-26-9-7-14-34(42(26)33)43(37)46-44/h1-25H.